The third-order valence-corrected chi connectivity index (χ3v) is 6.00. The Morgan fingerprint density at radius 1 is 1.35 bits per heavy atom. The second-order valence-corrected chi connectivity index (χ2v) is 7.21. The van der Waals surface area contributed by atoms with Crippen LogP contribution >= 0.6 is 0 Å². The number of allylic oxidation sites excluding steroid dienone is 2. The van der Waals surface area contributed by atoms with Gasteiger partial charge in [-0.15, -0.1) is 0 Å². The van der Waals surface area contributed by atoms with Gasteiger partial charge < -0.3 is 4.74 Å². The number of ether oxygens (including phenoxy) is 1. The van der Waals surface area contributed by atoms with E-state index in [2.05, 4.69) is 32.1 Å². The van der Waals surface area contributed by atoms with Crippen molar-refractivity contribution in [3.05, 3.63) is 23.8 Å². The number of rotatable bonds is 1. The second kappa shape index (κ2) is 5.05. The molecule has 2 nitrogen and oxygen atoms in total. The summed E-state index contributed by atoms with van der Waals surface area (Å²) in [5.74, 6) is 2.24. The summed E-state index contributed by atoms with van der Waals surface area (Å²) in [6.07, 6.45) is 13.1. The highest BCUT2D eigenvalue weighted by atomic mass is 16.5. The van der Waals surface area contributed by atoms with Gasteiger partial charge in [0.25, 0.3) is 0 Å². The third kappa shape index (κ3) is 2.13. The van der Waals surface area contributed by atoms with E-state index in [1.165, 1.54) is 38.4 Å². The molecule has 3 aliphatic carbocycles. The van der Waals surface area contributed by atoms with Crippen LogP contribution in [-0.4, -0.2) is 13.1 Å². The smallest absolute Gasteiger partial charge is 0.316 e. The zero-order valence-electron chi connectivity index (χ0n) is 12.9. The molecule has 0 heterocycles. The molecule has 0 aromatic rings. The van der Waals surface area contributed by atoms with Crippen LogP contribution in [0, 0.1) is 29.1 Å². The van der Waals surface area contributed by atoms with Crippen LogP contribution in [0.1, 0.15) is 46.0 Å². The Balaban J connectivity index is 1.86. The Morgan fingerprint density at radius 3 is 2.90 bits per heavy atom. The minimum absolute atomic E-state index is 0.129. The fourth-order valence-corrected chi connectivity index (χ4v) is 4.81. The molecular formula is C18H26O2. The van der Waals surface area contributed by atoms with Crippen LogP contribution in [0.3, 0.4) is 0 Å². The first-order valence-electron chi connectivity index (χ1n) is 8.03. The molecular weight excluding hydrogens is 248 g/mol. The van der Waals surface area contributed by atoms with Crippen LogP contribution in [0.5, 0.6) is 0 Å². The molecule has 0 aromatic heterocycles. The van der Waals surface area contributed by atoms with E-state index in [9.17, 15) is 4.79 Å². The lowest BCUT2D eigenvalue weighted by molar-refractivity contribution is -0.142. The Bertz CT molecular complexity index is 462. The van der Waals surface area contributed by atoms with Gasteiger partial charge in [0.2, 0.25) is 0 Å². The van der Waals surface area contributed by atoms with E-state index in [-0.39, 0.29) is 17.3 Å². The normalized spacial score (nSPS) is 43.2. The van der Waals surface area contributed by atoms with Gasteiger partial charge in [-0.25, -0.2) is 0 Å². The van der Waals surface area contributed by atoms with E-state index in [1.807, 2.05) is 0 Å². The molecule has 0 aromatic carbocycles. The average molecular weight is 274 g/mol. The fourth-order valence-electron chi connectivity index (χ4n) is 4.81. The fraction of sp³-hybridized carbons (Fsp3) is 0.722. The van der Waals surface area contributed by atoms with Crippen molar-refractivity contribution >= 4 is 5.97 Å². The SMILES string of the molecule is COC(=O)C1C=C[C@@]2(C)C(=C1)CC[C@H]1C[C@@H](C)CC[C@@H]12. The maximum Gasteiger partial charge on any atom is 0.316 e. The van der Waals surface area contributed by atoms with Crippen LogP contribution in [0.15, 0.2) is 23.8 Å². The van der Waals surface area contributed by atoms with Crippen molar-refractivity contribution in [2.75, 3.05) is 7.11 Å². The van der Waals surface area contributed by atoms with Crippen molar-refractivity contribution in [1.29, 1.82) is 0 Å². The molecule has 0 bridgehead atoms. The molecule has 0 N–H and O–H groups in total. The summed E-state index contributed by atoms with van der Waals surface area (Å²) < 4.78 is 4.89. The molecule has 3 aliphatic rings. The lowest BCUT2D eigenvalue weighted by atomic mass is 9.53. The molecule has 110 valence electrons. The van der Waals surface area contributed by atoms with Crippen LogP contribution in [0.25, 0.3) is 0 Å². The lowest BCUT2D eigenvalue weighted by Gasteiger charge is -2.51. The van der Waals surface area contributed by atoms with E-state index in [1.54, 1.807) is 0 Å². The summed E-state index contributed by atoms with van der Waals surface area (Å²) in [6.45, 7) is 4.78. The highest BCUT2D eigenvalue weighted by Gasteiger charge is 2.46. The number of esters is 1. The molecule has 2 heteroatoms. The maximum atomic E-state index is 11.8. The van der Waals surface area contributed by atoms with Gasteiger partial charge in [-0.3, -0.25) is 4.79 Å². The first kappa shape index (κ1) is 13.9. The Hall–Kier alpha value is -1.05. The predicted molar refractivity (Wildman–Crippen MR) is 80.1 cm³/mol. The highest BCUT2D eigenvalue weighted by Crippen LogP contribution is 2.56. The minimum atomic E-state index is -0.165. The van der Waals surface area contributed by atoms with Crippen molar-refractivity contribution in [3.8, 4) is 0 Å². The molecule has 0 spiro atoms. The number of carbonyl (C=O) groups excluding carboxylic acids is 1. The lowest BCUT2D eigenvalue weighted by Crippen LogP contribution is -2.42. The second-order valence-electron chi connectivity index (χ2n) is 7.21. The van der Waals surface area contributed by atoms with Gasteiger partial charge in [0.05, 0.1) is 13.0 Å². The molecule has 2 fully saturated rings. The minimum Gasteiger partial charge on any atom is -0.468 e. The van der Waals surface area contributed by atoms with Gasteiger partial charge >= 0.3 is 5.97 Å². The summed E-state index contributed by atoms with van der Waals surface area (Å²) in [7, 11) is 1.47. The third-order valence-electron chi connectivity index (χ3n) is 6.00. The first-order valence-corrected chi connectivity index (χ1v) is 8.03. The largest absolute Gasteiger partial charge is 0.468 e. The molecule has 3 rings (SSSR count). The van der Waals surface area contributed by atoms with E-state index >= 15 is 0 Å². The maximum absolute atomic E-state index is 11.8. The van der Waals surface area contributed by atoms with E-state index in [0.717, 1.165) is 24.2 Å². The number of hydrogen-bond donors (Lipinski definition) is 0. The molecule has 1 unspecified atom stereocenters. The summed E-state index contributed by atoms with van der Waals surface area (Å²) in [4.78, 5) is 11.8. The molecule has 0 aliphatic heterocycles. The summed E-state index contributed by atoms with van der Waals surface area (Å²) in [5.41, 5.74) is 1.67. The highest BCUT2D eigenvalue weighted by molar-refractivity contribution is 5.77. The zero-order chi connectivity index (χ0) is 14.3. The molecule has 2 saturated carbocycles. The zero-order valence-corrected chi connectivity index (χ0v) is 12.9. The van der Waals surface area contributed by atoms with Crippen molar-refractivity contribution in [2.45, 2.75) is 46.0 Å². The Morgan fingerprint density at radius 2 is 2.15 bits per heavy atom. The monoisotopic (exact) mass is 274 g/mol. The van der Waals surface area contributed by atoms with Gasteiger partial charge in [0, 0.05) is 5.41 Å². The number of carbonyl (C=O) groups is 1. The summed E-state index contributed by atoms with van der Waals surface area (Å²) >= 11 is 0. The summed E-state index contributed by atoms with van der Waals surface area (Å²) in [6, 6.07) is 0. The van der Waals surface area contributed by atoms with Gasteiger partial charge in [0.15, 0.2) is 0 Å². The van der Waals surface area contributed by atoms with Crippen LogP contribution in [-0.2, 0) is 9.53 Å². The van der Waals surface area contributed by atoms with E-state index < -0.39 is 0 Å². The Labute approximate surface area is 122 Å². The molecule has 0 radical (unpaired) electrons. The summed E-state index contributed by atoms with van der Waals surface area (Å²) in [5, 5.41) is 0. The predicted octanol–water partition coefficient (Wildman–Crippen LogP) is 4.12. The quantitative estimate of drug-likeness (QED) is 0.531. The molecule has 0 saturated heterocycles. The van der Waals surface area contributed by atoms with Crippen molar-refractivity contribution in [3.63, 3.8) is 0 Å². The Kier molecular flexibility index (Phi) is 3.51. The van der Waals surface area contributed by atoms with Crippen molar-refractivity contribution < 1.29 is 9.53 Å². The van der Waals surface area contributed by atoms with Crippen LogP contribution < -0.4 is 0 Å². The average Bonchev–Trinajstić information content (AvgIpc) is 2.45. The molecule has 0 amide bonds. The van der Waals surface area contributed by atoms with Gasteiger partial charge in [0.1, 0.15) is 0 Å². The number of fused-ring (bicyclic) bond motifs is 3. The van der Waals surface area contributed by atoms with E-state index in [0.29, 0.717) is 0 Å². The standard InChI is InChI=1S/C18H26O2/c1-12-4-7-16-13(10-12)5-6-15-11-14(17(19)20-3)8-9-18(15,16)2/h8-9,11-14,16H,4-7,10H2,1-3H3/t12-,13-,14?,16-,18-/m0/s1. The molecule has 20 heavy (non-hydrogen) atoms. The van der Waals surface area contributed by atoms with Gasteiger partial charge in [-0.05, 0) is 43.4 Å². The van der Waals surface area contributed by atoms with Gasteiger partial charge in [-0.2, -0.15) is 0 Å². The van der Waals surface area contributed by atoms with Crippen molar-refractivity contribution in [1.82, 2.24) is 0 Å². The molecule has 5 atom stereocenters. The van der Waals surface area contributed by atoms with Crippen molar-refractivity contribution in [2.24, 2.45) is 29.1 Å². The van der Waals surface area contributed by atoms with E-state index in [4.69, 9.17) is 4.74 Å². The van der Waals surface area contributed by atoms with Gasteiger partial charge in [-0.1, -0.05) is 44.1 Å². The van der Waals surface area contributed by atoms with Crippen LogP contribution in [0.4, 0.5) is 0 Å². The van der Waals surface area contributed by atoms with Crippen LogP contribution in [0.2, 0.25) is 0 Å². The first-order chi connectivity index (χ1) is 9.54. The number of hydrogen-bond acceptors (Lipinski definition) is 2. The number of methoxy groups -OCH3 is 1. The topological polar surface area (TPSA) is 26.3 Å².